The van der Waals surface area contributed by atoms with E-state index in [1.54, 1.807) is 16.2 Å². The number of fused-ring (bicyclic) bond motifs is 1. The Bertz CT molecular complexity index is 1180. The van der Waals surface area contributed by atoms with Crippen molar-refractivity contribution < 1.29 is 14.3 Å². The van der Waals surface area contributed by atoms with Crippen molar-refractivity contribution >= 4 is 23.2 Å². The van der Waals surface area contributed by atoms with Crippen molar-refractivity contribution in [2.45, 2.75) is 58.6 Å². The van der Waals surface area contributed by atoms with Crippen molar-refractivity contribution in [1.29, 1.82) is 0 Å². The van der Waals surface area contributed by atoms with Crippen molar-refractivity contribution in [2.75, 3.05) is 26.2 Å². The first kappa shape index (κ1) is 27.1. The fourth-order valence-electron chi connectivity index (χ4n) is 4.85. The zero-order valence-corrected chi connectivity index (χ0v) is 23.2. The minimum absolute atomic E-state index is 0.0217. The number of carbonyl (C=O) groups excluding carboxylic acids is 2. The van der Waals surface area contributed by atoms with E-state index in [9.17, 15) is 9.59 Å². The predicted molar refractivity (Wildman–Crippen MR) is 150 cm³/mol. The Labute approximate surface area is 225 Å². The van der Waals surface area contributed by atoms with E-state index in [4.69, 9.17) is 4.74 Å². The van der Waals surface area contributed by atoms with Crippen molar-refractivity contribution in [3.63, 3.8) is 0 Å². The number of hydrogen-bond acceptors (Lipinski definition) is 4. The highest BCUT2D eigenvalue weighted by molar-refractivity contribution is 7.10. The second kappa shape index (κ2) is 12.1. The molecule has 2 heterocycles. The van der Waals surface area contributed by atoms with E-state index in [-0.39, 0.29) is 36.4 Å². The maximum atomic E-state index is 13.7. The maximum absolute atomic E-state index is 13.7. The molecule has 2 amide bonds. The number of benzene rings is 2. The Morgan fingerprint density at radius 3 is 2.46 bits per heavy atom. The van der Waals surface area contributed by atoms with Crippen molar-refractivity contribution in [3.05, 3.63) is 93.2 Å². The fourth-order valence-corrected chi connectivity index (χ4v) is 5.75. The highest BCUT2D eigenvalue weighted by atomic mass is 32.1. The Kier molecular flexibility index (Phi) is 8.83. The standard InChI is InChI=1S/C31H38N2O3S/c1-5-17-32(29(35)22-36-21-23-9-7-6-8-10-23)20-28(34)33-18-15-27-26(16-19-37-27)30(33)24-11-13-25(14-12-24)31(2,3)4/h6-14,16,19,30H,5,15,17-18,20-22H2,1-4H3. The summed E-state index contributed by atoms with van der Waals surface area (Å²) in [5.74, 6) is -0.169. The zero-order chi connectivity index (χ0) is 26.4. The molecular weight excluding hydrogens is 480 g/mol. The first-order valence-corrected chi connectivity index (χ1v) is 14.0. The maximum Gasteiger partial charge on any atom is 0.249 e. The normalized spacial score (nSPS) is 15.4. The van der Waals surface area contributed by atoms with Crippen LogP contribution in [0.3, 0.4) is 0 Å². The average molecular weight is 519 g/mol. The van der Waals surface area contributed by atoms with Gasteiger partial charge in [-0.3, -0.25) is 9.59 Å². The third-order valence-corrected chi connectivity index (χ3v) is 7.88. The smallest absolute Gasteiger partial charge is 0.249 e. The van der Waals surface area contributed by atoms with E-state index in [1.165, 1.54) is 16.0 Å². The molecule has 0 N–H and O–H groups in total. The van der Waals surface area contributed by atoms with Gasteiger partial charge in [-0.05, 0) is 52.0 Å². The van der Waals surface area contributed by atoms with Gasteiger partial charge in [0, 0.05) is 18.0 Å². The first-order chi connectivity index (χ1) is 17.8. The quantitative estimate of drug-likeness (QED) is 0.350. The first-order valence-electron chi connectivity index (χ1n) is 13.1. The van der Waals surface area contributed by atoms with Crippen LogP contribution in [0.2, 0.25) is 0 Å². The van der Waals surface area contributed by atoms with E-state index >= 15 is 0 Å². The summed E-state index contributed by atoms with van der Waals surface area (Å²) >= 11 is 1.76. The van der Waals surface area contributed by atoms with Gasteiger partial charge in [-0.15, -0.1) is 11.3 Å². The van der Waals surface area contributed by atoms with Gasteiger partial charge in [-0.25, -0.2) is 0 Å². The lowest BCUT2D eigenvalue weighted by Gasteiger charge is -2.38. The van der Waals surface area contributed by atoms with Crippen molar-refractivity contribution in [1.82, 2.24) is 9.80 Å². The van der Waals surface area contributed by atoms with Gasteiger partial charge in [0.25, 0.3) is 0 Å². The van der Waals surface area contributed by atoms with E-state index in [1.807, 2.05) is 42.2 Å². The molecule has 0 saturated carbocycles. The molecule has 196 valence electrons. The number of rotatable bonds is 9. The summed E-state index contributed by atoms with van der Waals surface area (Å²) in [6.45, 7) is 10.2. The summed E-state index contributed by atoms with van der Waals surface area (Å²) in [4.78, 5) is 31.7. The molecule has 37 heavy (non-hydrogen) atoms. The van der Waals surface area contributed by atoms with Gasteiger partial charge < -0.3 is 14.5 Å². The molecule has 0 spiro atoms. The summed E-state index contributed by atoms with van der Waals surface area (Å²) < 4.78 is 5.69. The van der Waals surface area contributed by atoms with Crippen LogP contribution in [0.25, 0.3) is 0 Å². The van der Waals surface area contributed by atoms with Crippen LogP contribution in [-0.4, -0.2) is 47.9 Å². The van der Waals surface area contributed by atoms with Crippen LogP contribution in [0.1, 0.15) is 67.3 Å². The number of hydrogen-bond donors (Lipinski definition) is 0. The lowest BCUT2D eigenvalue weighted by molar-refractivity contribution is -0.144. The van der Waals surface area contributed by atoms with Crippen molar-refractivity contribution in [3.8, 4) is 0 Å². The second-order valence-electron chi connectivity index (χ2n) is 10.7. The van der Waals surface area contributed by atoms with E-state index in [0.29, 0.717) is 19.7 Å². The lowest BCUT2D eigenvalue weighted by Crippen LogP contribution is -2.47. The average Bonchev–Trinajstić information content (AvgIpc) is 3.37. The summed E-state index contributed by atoms with van der Waals surface area (Å²) in [6, 6.07) is 20.5. The minimum Gasteiger partial charge on any atom is -0.367 e. The summed E-state index contributed by atoms with van der Waals surface area (Å²) in [5.41, 5.74) is 4.67. The Balaban J connectivity index is 1.48. The summed E-state index contributed by atoms with van der Waals surface area (Å²) in [7, 11) is 0. The van der Waals surface area contributed by atoms with Crippen LogP contribution in [-0.2, 0) is 32.8 Å². The molecule has 0 radical (unpaired) electrons. The molecule has 6 heteroatoms. The monoisotopic (exact) mass is 518 g/mol. The molecule has 1 aliphatic rings. The largest absolute Gasteiger partial charge is 0.367 e. The van der Waals surface area contributed by atoms with Gasteiger partial charge in [0.2, 0.25) is 11.8 Å². The molecule has 1 atom stereocenters. The SMILES string of the molecule is CCCN(CC(=O)N1CCc2sccc2C1c1ccc(C(C)(C)C)cc1)C(=O)COCc1ccccc1. The Hall–Kier alpha value is -2.96. The zero-order valence-electron chi connectivity index (χ0n) is 22.4. The van der Waals surface area contributed by atoms with Gasteiger partial charge in [0.1, 0.15) is 6.61 Å². The minimum atomic E-state index is -0.148. The van der Waals surface area contributed by atoms with Crippen LogP contribution >= 0.6 is 11.3 Å². The number of ether oxygens (including phenoxy) is 1. The molecular formula is C31H38N2O3S. The summed E-state index contributed by atoms with van der Waals surface area (Å²) in [5, 5.41) is 2.12. The van der Waals surface area contributed by atoms with E-state index in [2.05, 4.69) is 56.5 Å². The van der Waals surface area contributed by atoms with E-state index < -0.39 is 0 Å². The molecule has 0 saturated heterocycles. The molecule has 4 rings (SSSR count). The van der Waals surface area contributed by atoms with E-state index in [0.717, 1.165) is 24.0 Å². The lowest BCUT2D eigenvalue weighted by atomic mass is 9.85. The van der Waals surface area contributed by atoms with Crippen LogP contribution in [0, 0.1) is 0 Å². The molecule has 0 fully saturated rings. The highest BCUT2D eigenvalue weighted by Gasteiger charge is 2.34. The van der Waals surface area contributed by atoms with Gasteiger partial charge >= 0.3 is 0 Å². The fraction of sp³-hybridized carbons (Fsp3) is 0.419. The summed E-state index contributed by atoms with van der Waals surface area (Å²) in [6.07, 6.45) is 1.63. The molecule has 3 aromatic rings. The van der Waals surface area contributed by atoms with Gasteiger partial charge in [0.05, 0.1) is 19.2 Å². The van der Waals surface area contributed by atoms with Crippen LogP contribution in [0.15, 0.2) is 66.0 Å². The van der Waals surface area contributed by atoms with Gasteiger partial charge in [-0.1, -0.05) is 82.3 Å². The second-order valence-corrected chi connectivity index (χ2v) is 11.7. The number of nitrogens with zero attached hydrogens (tertiary/aromatic N) is 2. The number of amides is 2. The number of thiophene rings is 1. The molecule has 5 nitrogen and oxygen atoms in total. The highest BCUT2D eigenvalue weighted by Crippen LogP contribution is 2.38. The van der Waals surface area contributed by atoms with Crippen LogP contribution < -0.4 is 0 Å². The molecule has 0 bridgehead atoms. The molecule has 1 aromatic heterocycles. The van der Waals surface area contributed by atoms with Gasteiger partial charge in [0.15, 0.2) is 0 Å². The Morgan fingerprint density at radius 1 is 1.05 bits per heavy atom. The third kappa shape index (κ3) is 6.68. The van der Waals surface area contributed by atoms with Crippen LogP contribution in [0.4, 0.5) is 0 Å². The Morgan fingerprint density at radius 2 is 1.78 bits per heavy atom. The van der Waals surface area contributed by atoms with Crippen molar-refractivity contribution in [2.24, 2.45) is 0 Å². The van der Waals surface area contributed by atoms with Crippen LogP contribution in [0.5, 0.6) is 0 Å². The topological polar surface area (TPSA) is 49.9 Å². The molecule has 0 aliphatic carbocycles. The number of carbonyl (C=O) groups is 2. The molecule has 1 unspecified atom stereocenters. The molecule has 1 aliphatic heterocycles. The molecule has 2 aromatic carbocycles. The van der Waals surface area contributed by atoms with Gasteiger partial charge in [-0.2, -0.15) is 0 Å². The predicted octanol–water partition coefficient (Wildman–Crippen LogP) is 5.98. The third-order valence-electron chi connectivity index (χ3n) is 6.89.